The van der Waals surface area contributed by atoms with Gasteiger partial charge in [-0.2, -0.15) is 0 Å². The van der Waals surface area contributed by atoms with Crippen LogP contribution in [0.15, 0.2) is 36.7 Å². The number of nitrogens with one attached hydrogen (secondary N) is 1. The average molecular weight is 244 g/mol. The van der Waals surface area contributed by atoms with E-state index in [1.165, 1.54) is 6.07 Å². The van der Waals surface area contributed by atoms with Crippen molar-refractivity contribution < 1.29 is 4.39 Å². The van der Waals surface area contributed by atoms with Gasteiger partial charge in [0.25, 0.3) is 0 Å². The number of aryl methyl sites for hydroxylation is 1. The maximum absolute atomic E-state index is 13.5. The predicted octanol–water partition coefficient (Wildman–Crippen LogP) is 3.48. The van der Waals surface area contributed by atoms with Gasteiger partial charge in [-0.15, -0.1) is 0 Å². The topological polar surface area (TPSA) is 24.9 Å². The summed E-state index contributed by atoms with van der Waals surface area (Å²) in [6.07, 6.45) is 3.54. The molecular formula is C15H17FN2. The second-order valence-electron chi connectivity index (χ2n) is 4.43. The molecule has 1 unspecified atom stereocenters. The Morgan fingerprint density at radius 1 is 1.22 bits per heavy atom. The minimum atomic E-state index is -0.222. The van der Waals surface area contributed by atoms with Crippen LogP contribution in [0.3, 0.4) is 0 Å². The molecule has 1 aromatic carbocycles. The van der Waals surface area contributed by atoms with Gasteiger partial charge in [0.15, 0.2) is 0 Å². The van der Waals surface area contributed by atoms with Crippen molar-refractivity contribution in [2.45, 2.75) is 19.9 Å². The molecule has 1 aromatic heterocycles. The third-order valence-electron chi connectivity index (χ3n) is 3.24. The fourth-order valence-electron chi connectivity index (χ4n) is 2.04. The Bertz CT molecular complexity index is 552. The van der Waals surface area contributed by atoms with Crippen LogP contribution in [0, 0.1) is 12.7 Å². The predicted molar refractivity (Wildman–Crippen MR) is 71.8 cm³/mol. The molecule has 0 radical (unpaired) electrons. The second-order valence-corrected chi connectivity index (χ2v) is 4.43. The van der Waals surface area contributed by atoms with Gasteiger partial charge in [0.2, 0.25) is 0 Å². The van der Waals surface area contributed by atoms with E-state index < -0.39 is 0 Å². The molecule has 1 heterocycles. The highest BCUT2D eigenvalue weighted by atomic mass is 19.1. The maximum Gasteiger partial charge on any atom is 0.123 e. The number of pyridine rings is 1. The van der Waals surface area contributed by atoms with Gasteiger partial charge < -0.3 is 5.32 Å². The number of nitrogens with zero attached hydrogens (tertiary/aromatic N) is 1. The standard InChI is InChI=1S/C15H17FN2/c1-10-6-7-18-9-15(10)14-8-12(16)4-5-13(14)11(2)17-3/h4-9,11,17H,1-3H3. The highest BCUT2D eigenvalue weighted by Gasteiger charge is 2.13. The summed E-state index contributed by atoms with van der Waals surface area (Å²) in [6.45, 7) is 4.07. The first-order valence-corrected chi connectivity index (χ1v) is 6.01. The molecule has 0 bridgehead atoms. The Kier molecular flexibility index (Phi) is 3.72. The Morgan fingerprint density at radius 3 is 2.67 bits per heavy atom. The quantitative estimate of drug-likeness (QED) is 0.894. The van der Waals surface area contributed by atoms with E-state index in [0.29, 0.717) is 0 Å². The number of benzene rings is 1. The molecule has 0 saturated heterocycles. The number of halogens is 1. The van der Waals surface area contributed by atoms with Crippen molar-refractivity contribution in [3.8, 4) is 11.1 Å². The minimum Gasteiger partial charge on any atom is -0.313 e. The van der Waals surface area contributed by atoms with Crippen LogP contribution in [0.5, 0.6) is 0 Å². The van der Waals surface area contributed by atoms with Gasteiger partial charge in [-0.1, -0.05) is 6.07 Å². The number of rotatable bonds is 3. The molecule has 0 fully saturated rings. The summed E-state index contributed by atoms with van der Waals surface area (Å²) in [7, 11) is 1.90. The van der Waals surface area contributed by atoms with E-state index in [4.69, 9.17) is 0 Å². The van der Waals surface area contributed by atoms with Crippen molar-refractivity contribution in [1.29, 1.82) is 0 Å². The molecule has 0 aliphatic heterocycles. The Balaban J connectivity index is 2.62. The van der Waals surface area contributed by atoms with Crippen molar-refractivity contribution in [2.75, 3.05) is 7.05 Å². The van der Waals surface area contributed by atoms with Crippen LogP contribution in [0.25, 0.3) is 11.1 Å². The molecule has 1 atom stereocenters. The first kappa shape index (κ1) is 12.7. The average Bonchev–Trinajstić information content (AvgIpc) is 2.38. The smallest absolute Gasteiger partial charge is 0.123 e. The SMILES string of the molecule is CNC(C)c1ccc(F)cc1-c1cnccc1C. The lowest BCUT2D eigenvalue weighted by Gasteiger charge is -2.17. The van der Waals surface area contributed by atoms with E-state index in [1.807, 2.05) is 26.1 Å². The van der Waals surface area contributed by atoms with E-state index >= 15 is 0 Å². The molecule has 1 N–H and O–H groups in total. The summed E-state index contributed by atoms with van der Waals surface area (Å²) in [5.41, 5.74) is 4.06. The maximum atomic E-state index is 13.5. The Hall–Kier alpha value is -1.74. The van der Waals surface area contributed by atoms with Gasteiger partial charge >= 0.3 is 0 Å². The zero-order valence-electron chi connectivity index (χ0n) is 10.9. The van der Waals surface area contributed by atoms with E-state index in [2.05, 4.69) is 17.2 Å². The lowest BCUT2D eigenvalue weighted by Crippen LogP contribution is -2.13. The lowest BCUT2D eigenvalue weighted by molar-refractivity contribution is 0.620. The Morgan fingerprint density at radius 2 is 2.00 bits per heavy atom. The largest absolute Gasteiger partial charge is 0.313 e. The van der Waals surface area contributed by atoms with Crippen LogP contribution in [0.4, 0.5) is 4.39 Å². The van der Waals surface area contributed by atoms with Gasteiger partial charge in [0.05, 0.1) is 0 Å². The van der Waals surface area contributed by atoms with Crippen LogP contribution in [-0.2, 0) is 0 Å². The van der Waals surface area contributed by atoms with Gasteiger partial charge in [-0.25, -0.2) is 4.39 Å². The summed E-state index contributed by atoms with van der Waals surface area (Å²) in [5, 5.41) is 3.19. The first-order valence-electron chi connectivity index (χ1n) is 6.01. The van der Waals surface area contributed by atoms with E-state index in [1.54, 1.807) is 18.5 Å². The summed E-state index contributed by atoms with van der Waals surface area (Å²) in [6, 6.07) is 7.01. The molecule has 0 aliphatic carbocycles. The summed E-state index contributed by atoms with van der Waals surface area (Å²) in [4.78, 5) is 4.13. The normalized spacial score (nSPS) is 12.4. The fourth-order valence-corrected chi connectivity index (χ4v) is 2.04. The molecule has 94 valence electrons. The van der Waals surface area contributed by atoms with Gasteiger partial charge in [0.1, 0.15) is 5.82 Å². The van der Waals surface area contributed by atoms with E-state index in [0.717, 1.165) is 22.3 Å². The van der Waals surface area contributed by atoms with Gasteiger partial charge in [0, 0.05) is 24.0 Å². The van der Waals surface area contributed by atoms with Crippen molar-refractivity contribution >= 4 is 0 Å². The Labute approximate surface area is 107 Å². The molecular weight excluding hydrogens is 227 g/mol. The van der Waals surface area contributed by atoms with Gasteiger partial charge in [-0.05, 0) is 55.8 Å². The monoisotopic (exact) mass is 244 g/mol. The molecule has 0 amide bonds. The van der Waals surface area contributed by atoms with E-state index in [9.17, 15) is 4.39 Å². The fraction of sp³-hybridized carbons (Fsp3) is 0.267. The minimum absolute atomic E-state index is 0.167. The van der Waals surface area contributed by atoms with Crippen molar-refractivity contribution in [3.63, 3.8) is 0 Å². The lowest BCUT2D eigenvalue weighted by atomic mass is 9.94. The molecule has 0 aliphatic rings. The number of hydrogen-bond donors (Lipinski definition) is 1. The molecule has 3 heteroatoms. The zero-order valence-corrected chi connectivity index (χ0v) is 10.9. The van der Waals surface area contributed by atoms with Crippen LogP contribution < -0.4 is 5.32 Å². The summed E-state index contributed by atoms with van der Waals surface area (Å²) < 4.78 is 13.5. The van der Waals surface area contributed by atoms with Crippen molar-refractivity contribution in [3.05, 3.63) is 53.6 Å². The second kappa shape index (κ2) is 5.27. The first-order chi connectivity index (χ1) is 8.63. The van der Waals surface area contributed by atoms with E-state index in [-0.39, 0.29) is 11.9 Å². The molecule has 2 aromatic rings. The van der Waals surface area contributed by atoms with Crippen LogP contribution in [0.2, 0.25) is 0 Å². The van der Waals surface area contributed by atoms with Crippen molar-refractivity contribution in [1.82, 2.24) is 10.3 Å². The summed E-state index contributed by atoms with van der Waals surface area (Å²) in [5.74, 6) is -0.222. The molecule has 2 nitrogen and oxygen atoms in total. The third kappa shape index (κ3) is 2.41. The summed E-state index contributed by atoms with van der Waals surface area (Å²) >= 11 is 0. The highest BCUT2D eigenvalue weighted by molar-refractivity contribution is 5.70. The third-order valence-corrected chi connectivity index (χ3v) is 3.24. The molecule has 18 heavy (non-hydrogen) atoms. The van der Waals surface area contributed by atoms with Crippen molar-refractivity contribution in [2.24, 2.45) is 0 Å². The van der Waals surface area contributed by atoms with Crippen LogP contribution in [-0.4, -0.2) is 12.0 Å². The zero-order chi connectivity index (χ0) is 13.1. The number of hydrogen-bond acceptors (Lipinski definition) is 2. The van der Waals surface area contributed by atoms with Crippen LogP contribution >= 0.6 is 0 Å². The van der Waals surface area contributed by atoms with Crippen LogP contribution in [0.1, 0.15) is 24.1 Å². The highest BCUT2D eigenvalue weighted by Crippen LogP contribution is 2.30. The molecule has 0 saturated carbocycles. The number of aromatic nitrogens is 1. The molecule has 2 rings (SSSR count). The molecule has 0 spiro atoms. The van der Waals surface area contributed by atoms with Gasteiger partial charge in [-0.3, -0.25) is 4.98 Å².